The molecule has 0 atom stereocenters. The Kier molecular flexibility index (Phi) is 12.0. The molecular formula is C26H36FN3O4S. The summed E-state index contributed by atoms with van der Waals surface area (Å²) >= 11 is 0.806. The van der Waals surface area contributed by atoms with Crippen LogP contribution in [0.2, 0.25) is 0 Å². The number of amides is 1. The monoisotopic (exact) mass is 505 g/mol. The molecule has 2 aromatic rings. The minimum absolute atomic E-state index is 0.203. The zero-order valence-corrected chi connectivity index (χ0v) is 21.4. The average molecular weight is 506 g/mol. The molecule has 35 heavy (non-hydrogen) atoms. The Labute approximate surface area is 211 Å². The summed E-state index contributed by atoms with van der Waals surface area (Å²) < 4.78 is 16.8. The summed E-state index contributed by atoms with van der Waals surface area (Å²) in [5.41, 5.74) is -0.840. The number of phenols is 1. The maximum Gasteiger partial charge on any atom is 0.311 e. The van der Waals surface area contributed by atoms with Gasteiger partial charge in [-0.15, -0.1) is 0 Å². The van der Waals surface area contributed by atoms with Gasteiger partial charge in [-0.1, -0.05) is 43.2 Å². The first-order chi connectivity index (χ1) is 16.7. The van der Waals surface area contributed by atoms with Gasteiger partial charge in [-0.05, 0) is 95.2 Å². The van der Waals surface area contributed by atoms with Crippen LogP contribution in [0.3, 0.4) is 0 Å². The van der Waals surface area contributed by atoms with Gasteiger partial charge in [-0.3, -0.25) is 19.6 Å². The van der Waals surface area contributed by atoms with E-state index in [0.29, 0.717) is 17.7 Å². The highest BCUT2D eigenvalue weighted by atomic mass is 32.2. The zero-order valence-electron chi connectivity index (χ0n) is 20.5. The predicted molar refractivity (Wildman–Crippen MR) is 138 cm³/mol. The van der Waals surface area contributed by atoms with Gasteiger partial charge in [0.05, 0.1) is 4.92 Å². The number of phenolic OH excluding ortho intramolecular Hbond substituents is 1. The Morgan fingerprint density at radius 3 is 2.43 bits per heavy atom. The van der Waals surface area contributed by atoms with Gasteiger partial charge < -0.3 is 10.0 Å². The van der Waals surface area contributed by atoms with E-state index in [1.165, 1.54) is 49.9 Å². The number of halogens is 1. The molecule has 9 heteroatoms. The minimum Gasteiger partial charge on any atom is -0.502 e. The van der Waals surface area contributed by atoms with Gasteiger partial charge in [0, 0.05) is 11.0 Å². The molecule has 0 heterocycles. The van der Waals surface area contributed by atoms with Crippen LogP contribution in [0, 0.1) is 10.1 Å². The van der Waals surface area contributed by atoms with Gasteiger partial charge in [-0.2, -0.15) is 0 Å². The SMILES string of the molecule is CN(C)CCCCCc1ccccc1.O=C(NSc1ccc(O)c([N+](=O)[O-])c1)C1(F)CCCCC1. The fraction of sp³-hybridized carbons (Fsp3) is 0.500. The van der Waals surface area contributed by atoms with E-state index in [2.05, 4.69) is 54.0 Å². The molecule has 1 fully saturated rings. The minimum atomic E-state index is -1.85. The third-order valence-electron chi connectivity index (χ3n) is 5.87. The predicted octanol–water partition coefficient (Wildman–Crippen LogP) is 6.06. The van der Waals surface area contributed by atoms with Crippen molar-refractivity contribution in [1.82, 2.24) is 9.62 Å². The van der Waals surface area contributed by atoms with Crippen molar-refractivity contribution in [2.45, 2.75) is 68.4 Å². The quantitative estimate of drug-likeness (QED) is 0.176. The maximum absolute atomic E-state index is 14.4. The number of nitro benzene ring substituents is 1. The molecule has 1 amide bonds. The number of carbonyl (C=O) groups is 1. The molecule has 0 bridgehead atoms. The topological polar surface area (TPSA) is 95.7 Å². The average Bonchev–Trinajstić information content (AvgIpc) is 2.84. The fourth-order valence-electron chi connectivity index (χ4n) is 3.83. The number of aromatic hydroxyl groups is 1. The lowest BCUT2D eigenvalue weighted by Crippen LogP contribution is -2.42. The number of alkyl halides is 1. The maximum atomic E-state index is 14.4. The van der Waals surface area contributed by atoms with E-state index in [0.717, 1.165) is 24.4 Å². The highest BCUT2D eigenvalue weighted by Crippen LogP contribution is 2.34. The Hall–Kier alpha value is -2.65. The Balaban J connectivity index is 0.000000269. The van der Waals surface area contributed by atoms with Gasteiger partial charge in [0.15, 0.2) is 11.4 Å². The lowest BCUT2D eigenvalue weighted by molar-refractivity contribution is -0.386. The van der Waals surface area contributed by atoms with E-state index in [4.69, 9.17) is 0 Å². The number of unbranched alkanes of at least 4 members (excludes halogenated alkanes) is 2. The van der Waals surface area contributed by atoms with Crippen LogP contribution in [0.4, 0.5) is 10.1 Å². The summed E-state index contributed by atoms with van der Waals surface area (Å²) in [5, 5.41) is 20.0. The molecule has 0 spiro atoms. The van der Waals surface area contributed by atoms with Gasteiger partial charge in [-0.25, -0.2) is 4.39 Å². The lowest BCUT2D eigenvalue weighted by Gasteiger charge is -2.27. The smallest absolute Gasteiger partial charge is 0.311 e. The molecule has 7 nitrogen and oxygen atoms in total. The van der Waals surface area contributed by atoms with E-state index in [1.54, 1.807) is 0 Å². The van der Waals surface area contributed by atoms with Crippen LogP contribution in [-0.4, -0.2) is 47.1 Å². The second-order valence-corrected chi connectivity index (χ2v) is 9.95. The molecule has 192 valence electrons. The third kappa shape index (κ3) is 10.2. The summed E-state index contributed by atoms with van der Waals surface area (Å²) in [4.78, 5) is 24.5. The Bertz CT molecular complexity index is 937. The number of nitrogens with one attached hydrogen (secondary N) is 1. The van der Waals surface area contributed by atoms with Crippen LogP contribution >= 0.6 is 11.9 Å². The van der Waals surface area contributed by atoms with Crippen LogP contribution in [0.5, 0.6) is 5.75 Å². The molecule has 0 radical (unpaired) electrons. The molecule has 0 unspecified atom stereocenters. The third-order valence-corrected chi connectivity index (χ3v) is 6.65. The second-order valence-electron chi connectivity index (χ2n) is 9.07. The summed E-state index contributed by atoms with van der Waals surface area (Å²) in [6, 6.07) is 14.5. The van der Waals surface area contributed by atoms with E-state index in [1.807, 2.05) is 0 Å². The Morgan fingerprint density at radius 2 is 1.80 bits per heavy atom. The number of rotatable bonds is 10. The fourth-order valence-corrected chi connectivity index (χ4v) is 4.53. The highest BCUT2D eigenvalue weighted by Gasteiger charge is 2.39. The molecule has 0 aromatic heterocycles. The number of benzene rings is 2. The first-order valence-electron chi connectivity index (χ1n) is 12.0. The van der Waals surface area contributed by atoms with Crippen molar-refractivity contribution in [3.63, 3.8) is 0 Å². The standard InChI is InChI=1S/C13H15FN2O4S.C13H21N/c14-13(6-2-1-3-7-13)12(18)15-21-9-4-5-11(17)10(8-9)16(19)20;1-14(2)12-8-4-7-11-13-9-5-3-6-10-13/h4-5,8,17H,1-3,6-7H2,(H,15,18);3,5-6,9-10H,4,7-8,11-12H2,1-2H3. The number of nitrogens with zero attached hydrogens (tertiary/aromatic N) is 2. The molecule has 3 rings (SSSR count). The number of hydrogen-bond donors (Lipinski definition) is 2. The second kappa shape index (κ2) is 14.7. The zero-order chi connectivity index (χ0) is 25.7. The van der Waals surface area contributed by atoms with Crippen molar-refractivity contribution in [3.8, 4) is 5.75 Å². The van der Waals surface area contributed by atoms with Crippen LogP contribution in [0.1, 0.15) is 56.9 Å². The van der Waals surface area contributed by atoms with E-state index in [9.17, 15) is 24.4 Å². The molecule has 1 saturated carbocycles. The first kappa shape index (κ1) is 28.6. The normalized spacial score (nSPS) is 14.6. The number of aryl methyl sites for hydroxylation is 1. The largest absolute Gasteiger partial charge is 0.502 e. The first-order valence-corrected chi connectivity index (χ1v) is 12.9. The molecule has 2 N–H and O–H groups in total. The molecule has 0 saturated heterocycles. The van der Waals surface area contributed by atoms with Crippen molar-refractivity contribution in [2.75, 3.05) is 20.6 Å². The highest BCUT2D eigenvalue weighted by molar-refractivity contribution is 7.98. The van der Waals surface area contributed by atoms with Gasteiger partial charge in [0.1, 0.15) is 0 Å². The summed E-state index contributed by atoms with van der Waals surface area (Å²) in [7, 11) is 4.27. The molecule has 0 aliphatic heterocycles. The van der Waals surface area contributed by atoms with E-state index >= 15 is 0 Å². The van der Waals surface area contributed by atoms with Gasteiger partial charge >= 0.3 is 5.69 Å². The van der Waals surface area contributed by atoms with Crippen LogP contribution in [-0.2, 0) is 11.2 Å². The molecular weight excluding hydrogens is 469 g/mol. The van der Waals surface area contributed by atoms with Crippen molar-refractivity contribution in [1.29, 1.82) is 0 Å². The lowest BCUT2D eigenvalue weighted by atomic mass is 9.86. The van der Waals surface area contributed by atoms with Crippen molar-refractivity contribution < 1.29 is 19.2 Å². The number of hydrogen-bond acceptors (Lipinski definition) is 6. The summed E-state index contributed by atoms with van der Waals surface area (Å²) in [6.07, 6.45) is 7.90. The van der Waals surface area contributed by atoms with Gasteiger partial charge in [0.2, 0.25) is 0 Å². The molecule has 1 aliphatic rings. The van der Waals surface area contributed by atoms with Crippen LogP contribution in [0.25, 0.3) is 0 Å². The van der Waals surface area contributed by atoms with Crippen molar-refractivity contribution >= 4 is 23.5 Å². The van der Waals surface area contributed by atoms with Gasteiger partial charge in [0.25, 0.3) is 5.91 Å². The molecule has 1 aliphatic carbocycles. The van der Waals surface area contributed by atoms with Crippen LogP contribution < -0.4 is 4.72 Å². The van der Waals surface area contributed by atoms with Crippen molar-refractivity contribution in [2.24, 2.45) is 0 Å². The number of nitro groups is 1. The van der Waals surface area contributed by atoms with E-state index in [-0.39, 0.29) is 12.8 Å². The van der Waals surface area contributed by atoms with Crippen molar-refractivity contribution in [3.05, 3.63) is 64.2 Å². The van der Waals surface area contributed by atoms with Crippen LogP contribution in [0.15, 0.2) is 53.4 Å². The number of carbonyl (C=O) groups excluding carboxylic acids is 1. The Morgan fingerprint density at radius 1 is 1.11 bits per heavy atom. The molecule has 2 aromatic carbocycles. The summed E-state index contributed by atoms with van der Waals surface area (Å²) in [6.45, 7) is 1.22. The van der Waals surface area contributed by atoms with E-state index < -0.39 is 27.9 Å². The summed E-state index contributed by atoms with van der Waals surface area (Å²) in [5.74, 6) is -1.16.